The van der Waals surface area contributed by atoms with Crippen molar-refractivity contribution in [1.82, 2.24) is 9.88 Å². The quantitative estimate of drug-likeness (QED) is 0.879. The van der Waals surface area contributed by atoms with Gasteiger partial charge in [0, 0.05) is 25.4 Å². The van der Waals surface area contributed by atoms with Gasteiger partial charge >= 0.3 is 5.97 Å². The zero-order valence-electron chi connectivity index (χ0n) is 10.2. The molecule has 0 aromatic carbocycles. The number of carbonyl (C=O) groups is 2. The fraction of sp³-hybridized carbons (Fsp3) is 0.462. The third-order valence-corrected chi connectivity index (χ3v) is 3.39. The summed E-state index contributed by atoms with van der Waals surface area (Å²) in [7, 11) is 0. The number of hydrogen-bond acceptors (Lipinski definition) is 3. The number of aliphatic carboxylic acids is 1. The smallest absolute Gasteiger partial charge is 0.308 e. The van der Waals surface area contributed by atoms with Gasteiger partial charge in [0.1, 0.15) is 0 Å². The molecule has 0 bridgehead atoms. The molecule has 0 aliphatic carbocycles. The van der Waals surface area contributed by atoms with Crippen molar-refractivity contribution in [1.29, 1.82) is 0 Å². The zero-order chi connectivity index (χ0) is 13.1. The topological polar surface area (TPSA) is 70.5 Å². The highest BCUT2D eigenvalue weighted by Gasteiger charge is 2.39. The SMILES string of the molecule is CCN1C(=O)CCC(C(=O)O)C1c1cccnc1. The van der Waals surface area contributed by atoms with Crippen LogP contribution in [0.25, 0.3) is 0 Å². The monoisotopic (exact) mass is 248 g/mol. The summed E-state index contributed by atoms with van der Waals surface area (Å²) in [6.45, 7) is 2.38. The molecule has 1 aliphatic rings. The van der Waals surface area contributed by atoms with Crippen LogP contribution in [0.4, 0.5) is 0 Å². The standard InChI is InChI=1S/C13H16N2O3/c1-2-15-11(16)6-5-10(13(17)18)12(15)9-4-3-7-14-8-9/h3-4,7-8,10,12H,2,5-6H2,1H3,(H,17,18). The van der Waals surface area contributed by atoms with Gasteiger partial charge in [-0.1, -0.05) is 6.07 Å². The van der Waals surface area contributed by atoms with E-state index in [1.807, 2.05) is 13.0 Å². The Hall–Kier alpha value is -1.91. The second-order valence-corrected chi connectivity index (χ2v) is 4.39. The number of nitrogens with zero attached hydrogens (tertiary/aromatic N) is 2. The molecule has 1 saturated heterocycles. The van der Waals surface area contributed by atoms with Crippen LogP contribution in [0, 0.1) is 5.92 Å². The van der Waals surface area contributed by atoms with Gasteiger partial charge in [0.25, 0.3) is 0 Å². The molecule has 1 aromatic rings. The van der Waals surface area contributed by atoms with Crippen LogP contribution in [0.3, 0.4) is 0 Å². The Morgan fingerprint density at radius 2 is 2.39 bits per heavy atom. The van der Waals surface area contributed by atoms with Crippen LogP contribution in [0.15, 0.2) is 24.5 Å². The van der Waals surface area contributed by atoms with Gasteiger partial charge < -0.3 is 10.0 Å². The second-order valence-electron chi connectivity index (χ2n) is 4.39. The maximum atomic E-state index is 11.9. The number of carboxylic acids is 1. The van der Waals surface area contributed by atoms with Crippen molar-refractivity contribution < 1.29 is 14.7 Å². The van der Waals surface area contributed by atoms with Crippen LogP contribution < -0.4 is 0 Å². The van der Waals surface area contributed by atoms with E-state index in [1.54, 1.807) is 23.4 Å². The number of amides is 1. The molecule has 2 heterocycles. The van der Waals surface area contributed by atoms with Crippen LogP contribution in [-0.4, -0.2) is 33.4 Å². The summed E-state index contributed by atoms with van der Waals surface area (Å²) in [5, 5.41) is 9.31. The number of pyridine rings is 1. The van der Waals surface area contributed by atoms with Crippen molar-refractivity contribution in [2.45, 2.75) is 25.8 Å². The molecule has 5 nitrogen and oxygen atoms in total. The maximum Gasteiger partial charge on any atom is 0.308 e. The van der Waals surface area contributed by atoms with Gasteiger partial charge in [-0.15, -0.1) is 0 Å². The zero-order valence-corrected chi connectivity index (χ0v) is 10.2. The molecule has 0 saturated carbocycles. The normalized spacial score (nSPS) is 24.1. The molecule has 1 fully saturated rings. The Morgan fingerprint density at radius 1 is 1.61 bits per heavy atom. The summed E-state index contributed by atoms with van der Waals surface area (Å²) >= 11 is 0. The first-order valence-electron chi connectivity index (χ1n) is 6.07. The second kappa shape index (κ2) is 5.16. The van der Waals surface area contributed by atoms with Crippen molar-refractivity contribution in [2.75, 3.05) is 6.54 Å². The Balaban J connectivity index is 2.40. The van der Waals surface area contributed by atoms with Crippen LogP contribution in [-0.2, 0) is 9.59 Å². The minimum Gasteiger partial charge on any atom is -0.481 e. The van der Waals surface area contributed by atoms with Crippen LogP contribution in [0.5, 0.6) is 0 Å². The molecule has 2 unspecified atom stereocenters. The average Bonchev–Trinajstić information content (AvgIpc) is 2.39. The van der Waals surface area contributed by atoms with Gasteiger partial charge in [0.15, 0.2) is 0 Å². The number of carboxylic acid groups (broad SMARTS) is 1. The lowest BCUT2D eigenvalue weighted by Gasteiger charge is -2.39. The molecule has 2 rings (SSSR count). The lowest BCUT2D eigenvalue weighted by Crippen LogP contribution is -2.45. The summed E-state index contributed by atoms with van der Waals surface area (Å²) < 4.78 is 0. The molecule has 0 spiro atoms. The Morgan fingerprint density at radius 3 is 2.94 bits per heavy atom. The maximum absolute atomic E-state index is 11.9. The summed E-state index contributed by atoms with van der Waals surface area (Å²) in [4.78, 5) is 28.9. The van der Waals surface area contributed by atoms with Crippen molar-refractivity contribution in [2.24, 2.45) is 5.92 Å². The minimum atomic E-state index is -0.852. The highest BCUT2D eigenvalue weighted by molar-refractivity contribution is 5.81. The predicted molar refractivity (Wildman–Crippen MR) is 64.7 cm³/mol. The number of aromatic nitrogens is 1. The fourth-order valence-corrected chi connectivity index (χ4v) is 2.55. The lowest BCUT2D eigenvalue weighted by molar-refractivity contribution is -0.151. The number of hydrogen-bond donors (Lipinski definition) is 1. The molecule has 5 heteroatoms. The highest BCUT2D eigenvalue weighted by Crippen LogP contribution is 2.36. The molecule has 18 heavy (non-hydrogen) atoms. The van der Waals surface area contributed by atoms with E-state index in [9.17, 15) is 14.7 Å². The van der Waals surface area contributed by atoms with Gasteiger partial charge in [0.2, 0.25) is 5.91 Å². The van der Waals surface area contributed by atoms with Gasteiger partial charge in [-0.05, 0) is 25.0 Å². The van der Waals surface area contributed by atoms with Gasteiger partial charge in [-0.3, -0.25) is 14.6 Å². The molecule has 96 valence electrons. The first-order chi connectivity index (χ1) is 8.65. The van der Waals surface area contributed by atoms with Crippen LogP contribution >= 0.6 is 0 Å². The van der Waals surface area contributed by atoms with Gasteiger partial charge in [-0.25, -0.2) is 0 Å². The largest absolute Gasteiger partial charge is 0.481 e. The number of likely N-dealkylation sites (tertiary alicyclic amines) is 1. The molecular weight excluding hydrogens is 232 g/mol. The number of piperidine rings is 1. The summed E-state index contributed by atoms with van der Waals surface area (Å²) in [5.41, 5.74) is 0.791. The van der Waals surface area contributed by atoms with E-state index in [0.29, 0.717) is 19.4 Å². The van der Waals surface area contributed by atoms with E-state index < -0.39 is 17.9 Å². The van der Waals surface area contributed by atoms with Crippen molar-refractivity contribution in [3.8, 4) is 0 Å². The molecular formula is C13H16N2O3. The summed E-state index contributed by atoms with van der Waals surface area (Å²) in [5.74, 6) is -1.38. The molecule has 1 aromatic heterocycles. The van der Waals surface area contributed by atoms with E-state index in [1.165, 1.54) is 0 Å². The Bertz CT molecular complexity index is 445. The first kappa shape index (κ1) is 12.5. The molecule has 1 N–H and O–H groups in total. The van der Waals surface area contributed by atoms with Gasteiger partial charge in [0.05, 0.1) is 12.0 Å². The number of carbonyl (C=O) groups excluding carboxylic acids is 1. The van der Waals surface area contributed by atoms with E-state index >= 15 is 0 Å². The Kier molecular flexibility index (Phi) is 3.60. The van der Waals surface area contributed by atoms with E-state index in [2.05, 4.69) is 4.98 Å². The summed E-state index contributed by atoms with van der Waals surface area (Å²) in [6, 6.07) is 3.19. The van der Waals surface area contributed by atoms with E-state index in [4.69, 9.17) is 0 Å². The van der Waals surface area contributed by atoms with E-state index in [-0.39, 0.29) is 5.91 Å². The van der Waals surface area contributed by atoms with E-state index in [0.717, 1.165) is 5.56 Å². The highest BCUT2D eigenvalue weighted by atomic mass is 16.4. The predicted octanol–water partition coefficient (Wildman–Crippen LogP) is 1.47. The van der Waals surface area contributed by atoms with Crippen LogP contribution in [0.1, 0.15) is 31.4 Å². The van der Waals surface area contributed by atoms with Crippen molar-refractivity contribution >= 4 is 11.9 Å². The summed E-state index contributed by atoms with van der Waals surface area (Å²) in [6.07, 6.45) is 3.98. The molecule has 2 atom stereocenters. The third kappa shape index (κ3) is 2.20. The lowest BCUT2D eigenvalue weighted by atomic mass is 9.85. The minimum absolute atomic E-state index is 0.0175. The number of rotatable bonds is 3. The van der Waals surface area contributed by atoms with Crippen molar-refractivity contribution in [3.63, 3.8) is 0 Å². The van der Waals surface area contributed by atoms with Gasteiger partial charge in [-0.2, -0.15) is 0 Å². The van der Waals surface area contributed by atoms with Crippen LogP contribution in [0.2, 0.25) is 0 Å². The average molecular weight is 248 g/mol. The first-order valence-corrected chi connectivity index (χ1v) is 6.07. The molecule has 1 amide bonds. The molecule has 1 aliphatic heterocycles. The van der Waals surface area contributed by atoms with Crippen molar-refractivity contribution in [3.05, 3.63) is 30.1 Å². The Labute approximate surface area is 105 Å². The third-order valence-electron chi connectivity index (χ3n) is 3.39. The molecule has 0 radical (unpaired) electrons. The fourth-order valence-electron chi connectivity index (χ4n) is 2.55.